The Bertz CT molecular complexity index is 631. The molecule has 1 heterocycles. The molecule has 0 spiro atoms. The number of aromatic nitrogens is 2. The van der Waals surface area contributed by atoms with E-state index in [-0.39, 0.29) is 16.8 Å². The van der Waals surface area contributed by atoms with Crippen molar-refractivity contribution >= 4 is 17.5 Å². The van der Waals surface area contributed by atoms with Crippen molar-refractivity contribution < 1.29 is 4.79 Å². The lowest BCUT2D eigenvalue weighted by Crippen LogP contribution is -2.25. The van der Waals surface area contributed by atoms with Gasteiger partial charge in [0, 0.05) is 13.1 Å². The summed E-state index contributed by atoms with van der Waals surface area (Å²) in [5.74, 6) is -0.287. The van der Waals surface area contributed by atoms with E-state index in [0.717, 1.165) is 12.1 Å². The highest BCUT2D eigenvalue weighted by atomic mass is 35.5. The maximum atomic E-state index is 12.0. The maximum Gasteiger partial charge on any atom is 0.271 e. The third-order valence-corrected chi connectivity index (χ3v) is 3.06. The predicted octanol–water partition coefficient (Wildman–Crippen LogP) is 2.12. The number of carbonyl (C=O) groups is 1. The molecule has 1 N–H and O–H groups in total. The van der Waals surface area contributed by atoms with Gasteiger partial charge in [-0.3, -0.25) is 9.78 Å². The summed E-state index contributed by atoms with van der Waals surface area (Å²) < 4.78 is 0. The fraction of sp³-hybridized carbons (Fsp3) is 0.267. The second-order valence-electron chi connectivity index (χ2n) is 4.92. The lowest BCUT2D eigenvalue weighted by atomic mass is 10.1. The van der Waals surface area contributed by atoms with Crippen LogP contribution in [0.25, 0.3) is 0 Å². The average molecular weight is 305 g/mol. The van der Waals surface area contributed by atoms with Crippen molar-refractivity contribution in [3.05, 3.63) is 58.6 Å². The van der Waals surface area contributed by atoms with Crippen LogP contribution in [0.3, 0.4) is 0 Å². The van der Waals surface area contributed by atoms with Crippen LogP contribution >= 0.6 is 11.6 Å². The fourth-order valence-corrected chi connectivity index (χ4v) is 2.09. The molecule has 0 unspecified atom stereocenters. The van der Waals surface area contributed by atoms with Crippen molar-refractivity contribution in [3.8, 4) is 0 Å². The van der Waals surface area contributed by atoms with Crippen molar-refractivity contribution in [2.24, 2.45) is 0 Å². The first-order valence-electron chi connectivity index (χ1n) is 6.53. The van der Waals surface area contributed by atoms with Crippen molar-refractivity contribution in [3.63, 3.8) is 0 Å². The average Bonchev–Trinajstić information content (AvgIpc) is 2.45. The molecule has 0 aliphatic rings. The van der Waals surface area contributed by atoms with Crippen LogP contribution < -0.4 is 5.32 Å². The van der Waals surface area contributed by atoms with Gasteiger partial charge >= 0.3 is 0 Å². The van der Waals surface area contributed by atoms with Crippen molar-refractivity contribution in [2.75, 3.05) is 14.1 Å². The molecule has 0 aliphatic carbocycles. The minimum absolute atomic E-state index is 0.204. The molecule has 5 nitrogen and oxygen atoms in total. The fourth-order valence-electron chi connectivity index (χ4n) is 1.94. The highest BCUT2D eigenvalue weighted by Gasteiger charge is 2.09. The topological polar surface area (TPSA) is 58.1 Å². The summed E-state index contributed by atoms with van der Waals surface area (Å²) >= 11 is 5.73. The molecule has 0 aliphatic heterocycles. The summed E-state index contributed by atoms with van der Waals surface area (Å²) in [5.41, 5.74) is 2.47. The van der Waals surface area contributed by atoms with Gasteiger partial charge in [0.25, 0.3) is 5.91 Å². The van der Waals surface area contributed by atoms with E-state index in [9.17, 15) is 4.79 Å². The number of nitrogens with one attached hydrogen (secondary N) is 1. The van der Waals surface area contributed by atoms with Gasteiger partial charge in [-0.05, 0) is 25.2 Å². The van der Waals surface area contributed by atoms with E-state index < -0.39 is 0 Å². The quantitative estimate of drug-likeness (QED) is 0.919. The number of amides is 1. The van der Waals surface area contributed by atoms with Gasteiger partial charge in [0.1, 0.15) is 10.8 Å². The third-order valence-electron chi connectivity index (χ3n) is 2.88. The summed E-state index contributed by atoms with van der Waals surface area (Å²) in [4.78, 5) is 21.9. The zero-order valence-corrected chi connectivity index (χ0v) is 12.8. The Balaban J connectivity index is 2.04. The van der Waals surface area contributed by atoms with Gasteiger partial charge in [-0.15, -0.1) is 0 Å². The molecule has 0 saturated heterocycles. The Morgan fingerprint density at radius 2 is 1.95 bits per heavy atom. The molecule has 2 rings (SSSR count). The third kappa shape index (κ3) is 4.51. The van der Waals surface area contributed by atoms with Crippen LogP contribution in [0, 0.1) is 0 Å². The van der Waals surface area contributed by atoms with E-state index in [2.05, 4.69) is 26.3 Å². The van der Waals surface area contributed by atoms with Gasteiger partial charge < -0.3 is 10.2 Å². The lowest BCUT2D eigenvalue weighted by molar-refractivity contribution is 0.0945. The molecule has 2 aromatic rings. The second kappa shape index (κ2) is 7.15. The normalized spacial score (nSPS) is 10.7. The molecule has 0 radical (unpaired) electrons. The van der Waals surface area contributed by atoms with Crippen LogP contribution in [0.2, 0.25) is 5.15 Å². The maximum absolute atomic E-state index is 12.0. The Hall–Kier alpha value is -1.98. The van der Waals surface area contributed by atoms with Gasteiger partial charge in [0.2, 0.25) is 0 Å². The number of carbonyl (C=O) groups excluding carboxylic acids is 1. The van der Waals surface area contributed by atoms with E-state index in [4.69, 9.17) is 11.6 Å². The van der Waals surface area contributed by atoms with E-state index in [1.54, 1.807) is 0 Å². The smallest absolute Gasteiger partial charge is 0.271 e. The van der Waals surface area contributed by atoms with Gasteiger partial charge in [-0.1, -0.05) is 35.9 Å². The van der Waals surface area contributed by atoms with Gasteiger partial charge in [0.15, 0.2) is 0 Å². The largest absolute Gasteiger partial charge is 0.347 e. The predicted molar refractivity (Wildman–Crippen MR) is 82.0 cm³/mol. The summed E-state index contributed by atoms with van der Waals surface area (Å²) in [6.45, 7) is 1.26. The number of hydrogen-bond acceptors (Lipinski definition) is 4. The summed E-state index contributed by atoms with van der Waals surface area (Å²) in [6, 6.07) is 8.01. The molecular weight excluding hydrogens is 288 g/mol. The number of benzene rings is 1. The van der Waals surface area contributed by atoms with E-state index in [1.165, 1.54) is 18.0 Å². The first kappa shape index (κ1) is 15.4. The SMILES string of the molecule is CN(C)Cc1ccccc1CNC(=O)c1cncc(Cl)n1. The van der Waals surface area contributed by atoms with E-state index in [1.807, 2.05) is 32.3 Å². The van der Waals surface area contributed by atoms with Crippen molar-refractivity contribution in [2.45, 2.75) is 13.1 Å². The number of halogens is 1. The minimum atomic E-state index is -0.287. The molecule has 0 saturated carbocycles. The van der Waals surface area contributed by atoms with Crippen LogP contribution in [0.4, 0.5) is 0 Å². The van der Waals surface area contributed by atoms with Crippen LogP contribution in [0.5, 0.6) is 0 Å². The Kier molecular flexibility index (Phi) is 5.25. The summed E-state index contributed by atoms with van der Waals surface area (Å²) in [6.07, 6.45) is 2.79. The van der Waals surface area contributed by atoms with E-state index in [0.29, 0.717) is 6.54 Å². The summed E-state index contributed by atoms with van der Waals surface area (Å²) in [5, 5.41) is 3.04. The molecule has 21 heavy (non-hydrogen) atoms. The standard InChI is InChI=1S/C15H17ClN4O/c1-20(2)10-12-6-4-3-5-11(12)7-18-15(21)13-8-17-9-14(16)19-13/h3-6,8-9H,7,10H2,1-2H3,(H,18,21). The van der Waals surface area contributed by atoms with Gasteiger partial charge in [-0.2, -0.15) is 0 Å². The minimum Gasteiger partial charge on any atom is -0.347 e. The van der Waals surface area contributed by atoms with Crippen molar-refractivity contribution in [1.29, 1.82) is 0 Å². The molecule has 6 heteroatoms. The Labute approximate surface area is 129 Å². The van der Waals surface area contributed by atoms with Crippen LogP contribution in [-0.2, 0) is 13.1 Å². The molecule has 0 bridgehead atoms. The zero-order chi connectivity index (χ0) is 15.2. The first-order chi connectivity index (χ1) is 10.1. The molecule has 1 aromatic carbocycles. The van der Waals surface area contributed by atoms with Crippen LogP contribution in [0.1, 0.15) is 21.6 Å². The van der Waals surface area contributed by atoms with Gasteiger partial charge in [0.05, 0.1) is 12.4 Å². The molecule has 110 valence electrons. The monoisotopic (exact) mass is 304 g/mol. The Morgan fingerprint density at radius 1 is 1.24 bits per heavy atom. The highest BCUT2D eigenvalue weighted by molar-refractivity contribution is 6.29. The van der Waals surface area contributed by atoms with Crippen LogP contribution in [-0.4, -0.2) is 34.9 Å². The Morgan fingerprint density at radius 3 is 2.62 bits per heavy atom. The number of rotatable bonds is 5. The molecule has 0 atom stereocenters. The molecule has 1 aromatic heterocycles. The van der Waals surface area contributed by atoms with Crippen molar-refractivity contribution in [1.82, 2.24) is 20.2 Å². The zero-order valence-electron chi connectivity index (χ0n) is 12.0. The van der Waals surface area contributed by atoms with Crippen LogP contribution in [0.15, 0.2) is 36.7 Å². The second-order valence-corrected chi connectivity index (χ2v) is 5.30. The summed E-state index contributed by atoms with van der Waals surface area (Å²) in [7, 11) is 4.02. The highest BCUT2D eigenvalue weighted by Crippen LogP contribution is 2.10. The first-order valence-corrected chi connectivity index (χ1v) is 6.91. The van der Waals surface area contributed by atoms with E-state index >= 15 is 0 Å². The lowest BCUT2D eigenvalue weighted by Gasteiger charge is -2.14. The molecule has 0 fully saturated rings. The number of hydrogen-bond donors (Lipinski definition) is 1. The molecular formula is C15H17ClN4O. The van der Waals surface area contributed by atoms with Gasteiger partial charge in [-0.25, -0.2) is 4.98 Å². The number of nitrogens with zero attached hydrogens (tertiary/aromatic N) is 3. The molecule has 1 amide bonds.